The Balaban J connectivity index is 1.75. The summed E-state index contributed by atoms with van der Waals surface area (Å²) in [5.41, 5.74) is 5.87. The minimum atomic E-state index is 0.653. The van der Waals surface area contributed by atoms with Gasteiger partial charge in [0.2, 0.25) is 0 Å². The van der Waals surface area contributed by atoms with E-state index >= 15 is 0 Å². The third kappa shape index (κ3) is 3.16. The van der Waals surface area contributed by atoms with Crippen molar-refractivity contribution in [2.24, 2.45) is 17.6 Å². The molecule has 2 aliphatic rings. The Morgan fingerprint density at radius 1 is 1.27 bits per heavy atom. The molecule has 88 valence electrons. The van der Waals surface area contributed by atoms with Crippen LogP contribution in [-0.4, -0.2) is 44.2 Å². The molecule has 1 aliphatic heterocycles. The molecule has 2 fully saturated rings. The normalized spacial score (nSPS) is 25.8. The Morgan fingerprint density at radius 3 is 2.47 bits per heavy atom. The first kappa shape index (κ1) is 11.4. The SMILES string of the molecule is CN(CC1CCNCC1)C(CN)C1CC1. The van der Waals surface area contributed by atoms with Crippen molar-refractivity contribution in [2.75, 3.05) is 33.2 Å². The molecule has 1 heterocycles. The Labute approximate surface area is 93.4 Å². The van der Waals surface area contributed by atoms with E-state index in [1.54, 1.807) is 0 Å². The van der Waals surface area contributed by atoms with Crippen molar-refractivity contribution in [3.8, 4) is 0 Å². The summed E-state index contributed by atoms with van der Waals surface area (Å²) in [4.78, 5) is 2.52. The van der Waals surface area contributed by atoms with Gasteiger partial charge in [-0.2, -0.15) is 0 Å². The number of likely N-dealkylation sites (N-methyl/N-ethyl adjacent to an activating group) is 1. The van der Waals surface area contributed by atoms with Gasteiger partial charge in [0.15, 0.2) is 0 Å². The van der Waals surface area contributed by atoms with Crippen LogP contribution in [0, 0.1) is 11.8 Å². The van der Waals surface area contributed by atoms with E-state index in [0.29, 0.717) is 6.04 Å². The molecule has 3 N–H and O–H groups in total. The molecule has 1 atom stereocenters. The first-order chi connectivity index (χ1) is 7.31. The minimum absolute atomic E-state index is 0.653. The summed E-state index contributed by atoms with van der Waals surface area (Å²) in [6, 6.07) is 0.653. The quantitative estimate of drug-likeness (QED) is 0.702. The van der Waals surface area contributed by atoms with Gasteiger partial charge in [0.05, 0.1) is 0 Å². The average molecular weight is 211 g/mol. The molecule has 1 saturated heterocycles. The average Bonchev–Trinajstić information content (AvgIpc) is 3.04. The lowest BCUT2D eigenvalue weighted by Crippen LogP contribution is -2.43. The molecular weight excluding hydrogens is 186 g/mol. The van der Waals surface area contributed by atoms with Gasteiger partial charge in [-0.1, -0.05) is 0 Å². The summed E-state index contributed by atoms with van der Waals surface area (Å²) >= 11 is 0. The van der Waals surface area contributed by atoms with Crippen LogP contribution in [0.2, 0.25) is 0 Å². The molecular formula is C12H25N3. The zero-order valence-electron chi connectivity index (χ0n) is 9.91. The molecule has 0 bridgehead atoms. The topological polar surface area (TPSA) is 41.3 Å². The highest BCUT2D eigenvalue weighted by atomic mass is 15.1. The summed E-state index contributed by atoms with van der Waals surface area (Å²) in [5.74, 6) is 1.80. The number of nitrogens with one attached hydrogen (secondary N) is 1. The standard InChI is InChI=1S/C12H25N3/c1-15(12(8-13)11-2-3-11)9-10-4-6-14-7-5-10/h10-12,14H,2-9,13H2,1H3. The van der Waals surface area contributed by atoms with Gasteiger partial charge < -0.3 is 16.0 Å². The predicted octanol–water partition coefficient (Wildman–Crippen LogP) is 0.655. The molecule has 1 aliphatic carbocycles. The van der Waals surface area contributed by atoms with Gasteiger partial charge >= 0.3 is 0 Å². The lowest BCUT2D eigenvalue weighted by molar-refractivity contribution is 0.174. The summed E-state index contributed by atoms with van der Waals surface area (Å²) < 4.78 is 0. The molecule has 3 nitrogen and oxygen atoms in total. The lowest BCUT2D eigenvalue weighted by Gasteiger charge is -2.32. The fraction of sp³-hybridized carbons (Fsp3) is 1.00. The van der Waals surface area contributed by atoms with E-state index in [2.05, 4.69) is 17.3 Å². The van der Waals surface area contributed by atoms with Crippen molar-refractivity contribution >= 4 is 0 Å². The van der Waals surface area contributed by atoms with Gasteiger partial charge in [-0.05, 0) is 57.7 Å². The summed E-state index contributed by atoms with van der Waals surface area (Å²) in [6.45, 7) is 4.50. The highest BCUT2D eigenvalue weighted by Gasteiger charge is 2.33. The molecule has 2 rings (SSSR count). The van der Waals surface area contributed by atoms with Crippen LogP contribution in [0.3, 0.4) is 0 Å². The molecule has 15 heavy (non-hydrogen) atoms. The van der Waals surface area contributed by atoms with Crippen LogP contribution in [0.25, 0.3) is 0 Å². The van der Waals surface area contributed by atoms with Gasteiger partial charge in [0.1, 0.15) is 0 Å². The van der Waals surface area contributed by atoms with Crippen LogP contribution in [0.15, 0.2) is 0 Å². The van der Waals surface area contributed by atoms with Crippen molar-refractivity contribution in [3.63, 3.8) is 0 Å². The van der Waals surface area contributed by atoms with Crippen molar-refractivity contribution < 1.29 is 0 Å². The number of nitrogens with two attached hydrogens (primary N) is 1. The number of hydrogen-bond acceptors (Lipinski definition) is 3. The van der Waals surface area contributed by atoms with Crippen molar-refractivity contribution in [1.29, 1.82) is 0 Å². The first-order valence-electron chi connectivity index (χ1n) is 6.42. The Morgan fingerprint density at radius 2 is 1.93 bits per heavy atom. The third-order valence-electron chi connectivity index (χ3n) is 3.98. The van der Waals surface area contributed by atoms with E-state index in [1.165, 1.54) is 45.3 Å². The van der Waals surface area contributed by atoms with Gasteiger partial charge in [-0.25, -0.2) is 0 Å². The maximum atomic E-state index is 5.87. The van der Waals surface area contributed by atoms with E-state index in [4.69, 9.17) is 5.73 Å². The minimum Gasteiger partial charge on any atom is -0.329 e. The second-order valence-corrected chi connectivity index (χ2v) is 5.27. The second-order valence-electron chi connectivity index (χ2n) is 5.27. The Bertz CT molecular complexity index is 185. The Kier molecular flexibility index (Phi) is 4.00. The van der Waals surface area contributed by atoms with E-state index in [0.717, 1.165) is 18.4 Å². The van der Waals surface area contributed by atoms with Crippen LogP contribution in [0.5, 0.6) is 0 Å². The molecule has 0 spiro atoms. The van der Waals surface area contributed by atoms with Crippen LogP contribution in [-0.2, 0) is 0 Å². The fourth-order valence-electron chi connectivity index (χ4n) is 2.82. The monoisotopic (exact) mass is 211 g/mol. The van der Waals surface area contributed by atoms with Crippen molar-refractivity contribution in [3.05, 3.63) is 0 Å². The fourth-order valence-corrected chi connectivity index (χ4v) is 2.82. The predicted molar refractivity (Wildman–Crippen MR) is 63.8 cm³/mol. The Hall–Kier alpha value is -0.120. The number of piperidine rings is 1. The zero-order valence-corrected chi connectivity index (χ0v) is 9.91. The maximum Gasteiger partial charge on any atom is 0.0243 e. The highest BCUT2D eigenvalue weighted by Crippen LogP contribution is 2.34. The van der Waals surface area contributed by atoms with E-state index in [-0.39, 0.29) is 0 Å². The summed E-state index contributed by atoms with van der Waals surface area (Å²) in [7, 11) is 2.26. The molecule has 1 saturated carbocycles. The molecule has 0 aromatic carbocycles. The second kappa shape index (κ2) is 5.28. The zero-order chi connectivity index (χ0) is 10.7. The van der Waals surface area contributed by atoms with Crippen molar-refractivity contribution in [2.45, 2.75) is 31.7 Å². The maximum absolute atomic E-state index is 5.87. The number of nitrogens with zero attached hydrogens (tertiary/aromatic N) is 1. The molecule has 0 aromatic heterocycles. The largest absolute Gasteiger partial charge is 0.329 e. The van der Waals surface area contributed by atoms with Gasteiger partial charge in [-0.15, -0.1) is 0 Å². The molecule has 3 heteroatoms. The molecule has 0 radical (unpaired) electrons. The lowest BCUT2D eigenvalue weighted by atomic mass is 9.96. The van der Waals surface area contributed by atoms with Crippen LogP contribution in [0.4, 0.5) is 0 Å². The van der Waals surface area contributed by atoms with E-state index in [9.17, 15) is 0 Å². The molecule has 0 aromatic rings. The van der Waals surface area contributed by atoms with Crippen LogP contribution in [0.1, 0.15) is 25.7 Å². The van der Waals surface area contributed by atoms with Crippen molar-refractivity contribution in [1.82, 2.24) is 10.2 Å². The highest BCUT2D eigenvalue weighted by molar-refractivity contribution is 4.88. The number of rotatable bonds is 5. The van der Waals surface area contributed by atoms with Gasteiger partial charge in [-0.3, -0.25) is 0 Å². The van der Waals surface area contributed by atoms with E-state index in [1.807, 2.05) is 0 Å². The first-order valence-corrected chi connectivity index (χ1v) is 6.42. The van der Waals surface area contributed by atoms with Crippen LogP contribution < -0.4 is 11.1 Å². The molecule has 1 unspecified atom stereocenters. The van der Waals surface area contributed by atoms with Gasteiger partial charge in [0, 0.05) is 19.1 Å². The number of hydrogen-bond donors (Lipinski definition) is 2. The van der Waals surface area contributed by atoms with E-state index < -0.39 is 0 Å². The van der Waals surface area contributed by atoms with Crippen LogP contribution >= 0.6 is 0 Å². The van der Waals surface area contributed by atoms with Gasteiger partial charge in [0.25, 0.3) is 0 Å². The molecule has 0 amide bonds. The summed E-state index contributed by atoms with van der Waals surface area (Å²) in [6.07, 6.45) is 5.48. The smallest absolute Gasteiger partial charge is 0.0243 e. The summed E-state index contributed by atoms with van der Waals surface area (Å²) in [5, 5.41) is 3.42. The third-order valence-corrected chi connectivity index (χ3v) is 3.98.